The Hall–Kier alpha value is -3.73. The standard InChI is InChI=1S/C21H35N7O5.C2HF3O2/c1-6-12(7-2)33-16-9-13(20(31)32-5)19(28-10-14(26-27-28)15(30)8-3)18(25-21(22)23)17(16)24-11(4)29;3-2(4,5)1(6)7/h9-10,12,15-19,30H,6-8H2,1-5H3,(H,24,29)(H4,22,23,25);(H,6,7)/t15?,16-,17+,18-,19+;/m1./s1. The average Bonchev–Trinajstić information content (AvgIpc) is 3.36. The molecule has 2 rings (SSSR count). The van der Waals surface area contributed by atoms with Crippen molar-refractivity contribution in [3.05, 3.63) is 23.5 Å². The number of guanidine groups is 1. The van der Waals surface area contributed by atoms with E-state index in [9.17, 15) is 27.9 Å². The summed E-state index contributed by atoms with van der Waals surface area (Å²) < 4.78 is 44.4. The number of carboxylic acid groups (broad SMARTS) is 1. The van der Waals surface area contributed by atoms with Crippen LogP contribution in [0.1, 0.15) is 64.8 Å². The van der Waals surface area contributed by atoms with Crippen LogP contribution < -0.4 is 16.8 Å². The van der Waals surface area contributed by atoms with Crippen molar-refractivity contribution in [2.75, 3.05) is 7.11 Å². The first kappa shape index (κ1) is 34.3. The van der Waals surface area contributed by atoms with Crippen molar-refractivity contribution >= 4 is 23.8 Å². The lowest BCUT2D eigenvalue weighted by Gasteiger charge is -2.40. The SMILES string of the molecule is CCC(CC)O[C@@H]1C=C(C(=O)OC)[C@H](n2cc(C(O)CC)nn2)[C@H](N=C(N)N)[C@H]1NC(C)=O.O=C(O)C(F)(F)F. The minimum absolute atomic E-state index is 0.115. The van der Waals surface area contributed by atoms with Crippen LogP contribution in [0, 0.1) is 0 Å². The first-order valence-corrected chi connectivity index (χ1v) is 12.3. The number of alkyl halides is 3. The molecule has 1 heterocycles. The molecule has 1 unspecified atom stereocenters. The maximum Gasteiger partial charge on any atom is 0.490 e. The van der Waals surface area contributed by atoms with Gasteiger partial charge in [0.1, 0.15) is 17.8 Å². The maximum absolute atomic E-state index is 12.8. The van der Waals surface area contributed by atoms with Crippen molar-refractivity contribution in [3.63, 3.8) is 0 Å². The van der Waals surface area contributed by atoms with Crippen LogP contribution in [0.2, 0.25) is 0 Å². The number of aliphatic imine (C=N–C) groups is 1. The molecule has 40 heavy (non-hydrogen) atoms. The predicted octanol–water partition coefficient (Wildman–Crippen LogP) is 0.729. The number of carbonyl (C=O) groups excluding carboxylic acids is 2. The zero-order chi connectivity index (χ0) is 30.8. The number of aliphatic carboxylic acids is 1. The van der Waals surface area contributed by atoms with Crippen molar-refractivity contribution in [2.24, 2.45) is 16.5 Å². The number of carbonyl (C=O) groups is 3. The lowest BCUT2D eigenvalue weighted by molar-refractivity contribution is -0.192. The molecule has 0 aliphatic heterocycles. The second-order valence-corrected chi connectivity index (χ2v) is 8.72. The third-order valence-corrected chi connectivity index (χ3v) is 5.84. The van der Waals surface area contributed by atoms with Crippen molar-refractivity contribution < 1.29 is 47.2 Å². The van der Waals surface area contributed by atoms with Gasteiger partial charge in [-0.3, -0.25) is 4.79 Å². The summed E-state index contributed by atoms with van der Waals surface area (Å²) in [6, 6.07) is -2.46. The molecule has 1 aromatic rings. The monoisotopic (exact) mass is 579 g/mol. The molecular formula is C23H36F3N7O7. The molecule has 0 bridgehead atoms. The summed E-state index contributed by atoms with van der Waals surface area (Å²) in [5.74, 6) is -3.93. The number of hydrogen-bond donors (Lipinski definition) is 5. The van der Waals surface area contributed by atoms with E-state index in [4.69, 9.17) is 30.8 Å². The minimum atomic E-state index is -5.08. The van der Waals surface area contributed by atoms with Crippen molar-refractivity contribution in [3.8, 4) is 0 Å². The second-order valence-electron chi connectivity index (χ2n) is 8.72. The van der Waals surface area contributed by atoms with Gasteiger partial charge in [-0.15, -0.1) is 5.10 Å². The number of rotatable bonds is 10. The molecule has 0 saturated heterocycles. The Morgan fingerprint density at radius 1 is 1.20 bits per heavy atom. The summed E-state index contributed by atoms with van der Waals surface area (Å²) >= 11 is 0. The van der Waals surface area contributed by atoms with Crippen molar-refractivity contribution in [1.29, 1.82) is 0 Å². The van der Waals surface area contributed by atoms with Gasteiger partial charge < -0.3 is 36.5 Å². The van der Waals surface area contributed by atoms with E-state index in [-0.39, 0.29) is 23.5 Å². The van der Waals surface area contributed by atoms with Crippen molar-refractivity contribution in [2.45, 2.75) is 89.6 Å². The molecule has 1 aromatic heterocycles. The summed E-state index contributed by atoms with van der Waals surface area (Å²) in [5, 5.41) is 28.3. The van der Waals surface area contributed by atoms with Gasteiger partial charge in [0.05, 0.1) is 43.2 Å². The Labute approximate surface area is 228 Å². The first-order chi connectivity index (χ1) is 18.6. The van der Waals surface area contributed by atoms with Crippen LogP contribution >= 0.6 is 0 Å². The Morgan fingerprint density at radius 3 is 2.20 bits per heavy atom. The van der Waals surface area contributed by atoms with E-state index >= 15 is 0 Å². The van der Waals surface area contributed by atoms with Crippen molar-refractivity contribution in [1.82, 2.24) is 20.3 Å². The Morgan fingerprint density at radius 2 is 1.77 bits per heavy atom. The van der Waals surface area contributed by atoms with Gasteiger partial charge in [0.2, 0.25) is 5.91 Å². The number of aliphatic hydroxyl groups excluding tert-OH is 1. The quantitative estimate of drug-likeness (QED) is 0.148. The molecule has 226 valence electrons. The molecule has 5 atom stereocenters. The largest absolute Gasteiger partial charge is 0.490 e. The van der Waals surface area contributed by atoms with Crippen LogP contribution in [0.4, 0.5) is 13.2 Å². The van der Waals surface area contributed by atoms with E-state index in [1.807, 2.05) is 13.8 Å². The molecule has 7 N–H and O–H groups in total. The number of carboxylic acids is 1. The number of halogens is 3. The molecular weight excluding hydrogens is 543 g/mol. The van der Waals surface area contributed by atoms with Gasteiger partial charge in [0, 0.05) is 6.92 Å². The number of aliphatic hydroxyl groups is 1. The summed E-state index contributed by atoms with van der Waals surface area (Å²) in [7, 11) is 1.26. The van der Waals surface area contributed by atoms with Gasteiger partial charge in [-0.05, 0) is 25.3 Å². The number of aromatic nitrogens is 3. The molecule has 17 heteroatoms. The zero-order valence-electron chi connectivity index (χ0n) is 22.8. The summed E-state index contributed by atoms with van der Waals surface area (Å²) in [5.41, 5.74) is 12.0. The van der Waals surface area contributed by atoms with E-state index in [1.54, 1.807) is 13.0 Å². The van der Waals surface area contributed by atoms with Gasteiger partial charge in [-0.2, -0.15) is 13.2 Å². The summed E-state index contributed by atoms with van der Waals surface area (Å²) in [6.45, 7) is 7.16. The molecule has 0 radical (unpaired) electrons. The minimum Gasteiger partial charge on any atom is -0.475 e. The van der Waals surface area contributed by atoms with Gasteiger partial charge in [-0.25, -0.2) is 19.3 Å². The van der Waals surface area contributed by atoms with E-state index < -0.39 is 48.4 Å². The predicted molar refractivity (Wildman–Crippen MR) is 135 cm³/mol. The summed E-state index contributed by atoms with van der Waals surface area (Å²) in [6.07, 6.45) is -1.69. The van der Waals surface area contributed by atoms with Gasteiger partial charge in [0.15, 0.2) is 5.96 Å². The highest BCUT2D eigenvalue weighted by molar-refractivity contribution is 5.90. The fourth-order valence-corrected chi connectivity index (χ4v) is 3.90. The summed E-state index contributed by atoms with van der Waals surface area (Å²) in [4.78, 5) is 38.2. The second kappa shape index (κ2) is 15.2. The van der Waals surface area contributed by atoms with Crippen LogP contribution in [0.3, 0.4) is 0 Å². The van der Waals surface area contributed by atoms with E-state index in [1.165, 1.54) is 24.9 Å². The number of methoxy groups -OCH3 is 1. The van der Waals surface area contributed by atoms with Crippen LogP contribution in [0.25, 0.3) is 0 Å². The van der Waals surface area contributed by atoms with E-state index in [0.717, 1.165) is 12.8 Å². The number of nitrogens with zero attached hydrogens (tertiary/aromatic N) is 4. The highest BCUT2D eigenvalue weighted by Gasteiger charge is 2.46. The number of nitrogens with one attached hydrogen (secondary N) is 1. The van der Waals surface area contributed by atoms with E-state index in [0.29, 0.717) is 12.1 Å². The smallest absolute Gasteiger partial charge is 0.475 e. The van der Waals surface area contributed by atoms with E-state index in [2.05, 4.69) is 20.6 Å². The number of ether oxygens (including phenoxy) is 2. The fourth-order valence-electron chi connectivity index (χ4n) is 3.90. The molecule has 1 aliphatic carbocycles. The number of amides is 1. The van der Waals surface area contributed by atoms with Crippen LogP contribution in [0.15, 0.2) is 22.8 Å². The fraction of sp³-hybridized carbons (Fsp3) is 0.652. The molecule has 1 aliphatic rings. The van der Waals surface area contributed by atoms with Gasteiger partial charge in [-0.1, -0.05) is 26.0 Å². The van der Waals surface area contributed by atoms with Crippen LogP contribution in [-0.4, -0.2) is 86.6 Å². The molecule has 0 spiro atoms. The topological polar surface area (TPSA) is 217 Å². The zero-order valence-corrected chi connectivity index (χ0v) is 22.8. The number of hydrogen-bond acceptors (Lipinski definition) is 9. The average molecular weight is 580 g/mol. The Balaban J connectivity index is 0.00000101. The highest BCUT2D eigenvalue weighted by atomic mass is 19.4. The number of esters is 1. The Bertz CT molecular complexity index is 1070. The van der Waals surface area contributed by atoms with Crippen LogP contribution in [0.5, 0.6) is 0 Å². The lowest BCUT2D eigenvalue weighted by atomic mass is 9.83. The molecule has 0 fully saturated rings. The third-order valence-electron chi connectivity index (χ3n) is 5.84. The lowest BCUT2D eigenvalue weighted by Crippen LogP contribution is -2.57. The molecule has 1 amide bonds. The molecule has 14 nitrogen and oxygen atoms in total. The molecule has 0 saturated carbocycles. The normalized spacial score (nSPS) is 21.4. The maximum atomic E-state index is 12.8. The van der Waals surface area contributed by atoms with Gasteiger partial charge in [0.25, 0.3) is 0 Å². The highest BCUT2D eigenvalue weighted by Crippen LogP contribution is 2.35. The molecule has 0 aromatic carbocycles. The number of nitrogens with two attached hydrogens (primary N) is 2. The third kappa shape index (κ3) is 9.48. The van der Waals surface area contributed by atoms with Gasteiger partial charge >= 0.3 is 18.1 Å². The van der Waals surface area contributed by atoms with Crippen LogP contribution in [-0.2, 0) is 23.9 Å². The Kier molecular flexibility index (Phi) is 13.0. The first-order valence-electron chi connectivity index (χ1n) is 12.3.